The molecular formula is C11H16NO3+. The van der Waals surface area contributed by atoms with Gasteiger partial charge in [0.1, 0.15) is 6.54 Å². The van der Waals surface area contributed by atoms with Crippen molar-refractivity contribution in [3.05, 3.63) is 24.2 Å². The molecule has 2 rings (SSSR count). The molecule has 0 amide bonds. The minimum Gasteiger partial charge on any atom is -0.457 e. The van der Waals surface area contributed by atoms with Crippen LogP contribution in [0.5, 0.6) is 0 Å². The van der Waals surface area contributed by atoms with Crippen molar-refractivity contribution in [2.75, 3.05) is 20.1 Å². The number of esters is 1. The SMILES string of the molecule is C[NH+]1CCC[C@@H](OC(=O)c2ccco2)C1. The Hall–Kier alpha value is -1.29. The lowest BCUT2D eigenvalue weighted by atomic mass is 10.1. The molecule has 4 heteroatoms. The Balaban J connectivity index is 1.89. The summed E-state index contributed by atoms with van der Waals surface area (Å²) in [5.74, 6) is -0.0575. The first kappa shape index (κ1) is 10.2. The number of hydrogen-bond donors (Lipinski definition) is 1. The number of piperidine rings is 1. The van der Waals surface area contributed by atoms with Gasteiger partial charge in [0.25, 0.3) is 0 Å². The molecule has 1 aliphatic rings. The fraction of sp³-hybridized carbons (Fsp3) is 0.545. The number of quaternary nitrogens is 1. The highest BCUT2D eigenvalue weighted by atomic mass is 16.6. The third-order valence-corrected chi connectivity index (χ3v) is 2.70. The predicted octanol–water partition coefficient (Wildman–Crippen LogP) is 0.114. The molecule has 2 atom stereocenters. The molecule has 1 aromatic heterocycles. The summed E-state index contributed by atoms with van der Waals surface area (Å²) in [5, 5.41) is 0. The number of furan rings is 1. The normalized spacial score (nSPS) is 26.2. The van der Waals surface area contributed by atoms with Crippen LogP contribution < -0.4 is 4.90 Å². The fourth-order valence-corrected chi connectivity index (χ4v) is 1.93. The smallest absolute Gasteiger partial charge is 0.374 e. The van der Waals surface area contributed by atoms with Crippen molar-refractivity contribution >= 4 is 5.97 Å². The van der Waals surface area contributed by atoms with Gasteiger partial charge < -0.3 is 14.1 Å². The van der Waals surface area contributed by atoms with Gasteiger partial charge in [-0.25, -0.2) is 4.79 Å². The van der Waals surface area contributed by atoms with E-state index in [1.54, 1.807) is 12.1 Å². The van der Waals surface area contributed by atoms with Gasteiger partial charge in [0.2, 0.25) is 5.76 Å². The molecule has 4 nitrogen and oxygen atoms in total. The number of rotatable bonds is 2. The molecule has 1 saturated heterocycles. The standard InChI is InChI=1S/C11H15NO3/c1-12-6-2-4-9(8-12)15-11(13)10-5-3-7-14-10/h3,5,7,9H,2,4,6,8H2,1H3/p+1/t9-/m1/s1. The molecular weight excluding hydrogens is 194 g/mol. The summed E-state index contributed by atoms with van der Waals surface area (Å²) in [6.45, 7) is 2.06. The summed E-state index contributed by atoms with van der Waals surface area (Å²) in [4.78, 5) is 13.0. The van der Waals surface area contributed by atoms with E-state index in [-0.39, 0.29) is 12.1 Å². The van der Waals surface area contributed by atoms with Gasteiger partial charge in [-0.15, -0.1) is 0 Å². The molecule has 1 aliphatic heterocycles. The van der Waals surface area contributed by atoms with Crippen molar-refractivity contribution in [1.29, 1.82) is 0 Å². The van der Waals surface area contributed by atoms with Gasteiger partial charge >= 0.3 is 5.97 Å². The van der Waals surface area contributed by atoms with Crippen LogP contribution in [0.25, 0.3) is 0 Å². The Morgan fingerprint density at radius 2 is 2.53 bits per heavy atom. The maximum Gasteiger partial charge on any atom is 0.374 e. The average Bonchev–Trinajstić information content (AvgIpc) is 2.70. The van der Waals surface area contributed by atoms with Crippen molar-refractivity contribution in [1.82, 2.24) is 0 Å². The lowest BCUT2D eigenvalue weighted by Crippen LogP contribution is -3.11. The molecule has 1 unspecified atom stereocenters. The monoisotopic (exact) mass is 210 g/mol. The minimum absolute atomic E-state index is 0.0383. The number of nitrogens with one attached hydrogen (secondary N) is 1. The lowest BCUT2D eigenvalue weighted by Gasteiger charge is -2.26. The number of likely N-dealkylation sites (tertiary alicyclic amines) is 1. The van der Waals surface area contributed by atoms with Crippen LogP contribution in [0.3, 0.4) is 0 Å². The van der Waals surface area contributed by atoms with E-state index in [0.29, 0.717) is 5.76 Å². The Morgan fingerprint density at radius 3 is 3.20 bits per heavy atom. The highest BCUT2D eigenvalue weighted by molar-refractivity contribution is 5.86. The van der Waals surface area contributed by atoms with Gasteiger partial charge in [-0.3, -0.25) is 0 Å². The van der Waals surface area contributed by atoms with Gasteiger partial charge in [0.15, 0.2) is 6.10 Å². The van der Waals surface area contributed by atoms with E-state index in [1.807, 2.05) is 0 Å². The molecule has 0 saturated carbocycles. The van der Waals surface area contributed by atoms with E-state index in [9.17, 15) is 4.79 Å². The van der Waals surface area contributed by atoms with E-state index in [4.69, 9.17) is 9.15 Å². The van der Waals surface area contributed by atoms with Gasteiger partial charge in [-0.05, 0) is 18.6 Å². The maximum absolute atomic E-state index is 11.6. The molecule has 2 heterocycles. The van der Waals surface area contributed by atoms with Crippen molar-refractivity contribution in [2.45, 2.75) is 18.9 Å². The quantitative estimate of drug-likeness (QED) is 0.705. The Bertz CT molecular complexity index is 321. The largest absolute Gasteiger partial charge is 0.457 e. The fourth-order valence-electron chi connectivity index (χ4n) is 1.93. The average molecular weight is 210 g/mol. The van der Waals surface area contributed by atoms with E-state index in [0.717, 1.165) is 25.9 Å². The molecule has 1 N–H and O–H groups in total. The van der Waals surface area contributed by atoms with E-state index >= 15 is 0 Å². The third-order valence-electron chi connectivity index (χ3n) is 2.70. The van der Waals surface area contributed by atoms with Crippen molar-refractivity contribution in [2.24, 2.45) is 0 Å². The topological polar surface area (TPSA) is 43.9 Å². The van der Waals surface area contributed by atoms with E-state index < -0.39 is 0 Å². The van der Waals surface area contributed by atoms with Crippen molar-refractivity contribution < 1.29 is 18.8 Å². The van der Waals surface area contributed by atoms with Crippen LogP contribution in [0.15, 0.2) is 22.8 Å². The number of carbonyl (C=O) groups is 1. The molecule has 0 spiro atoms. The zero-order valence-corrected chi connectivity index (χ0v) is 8.86. The summed E-state index contributed by atoms with van der Waals surface area (Å²) in [5.41, 5.74) is 0. The molecule has 0 aliphatic carbocycles. The summed E-state index contributed by atoms with van der Waals surface area (Å²) >= 11 is 0. The first-order valence-corrected chi connectivity index (χ1v) is 5.31. The lowest BCUT2D eigenvalue weighted by molar-refractivity contribution is -0.888. The summed E-state index contributed by atoms with van der Waals surface area (Å²) in [6, 6.07) is 3.32. The van der Waals surface area contributed by atoms with Crippen LogP contribution in [-0.2, 0) is 4.74 Å². The first-order chi connectivity index (χ1) is 7.25. The van der Waals surface area contributed by atoms with Crippen molar-refractivity contribution in [3.63, 3.8) is 0 Å². The third kappa shape index (κ3) is 2.59. The highest BCUT2D eigenvalue weighted by Gasteiger charge is 2.24. The summed E-state index contributed by atoms with van der Waals surface area (Å²) in [6.07, 6.45) is 3.59. The molecule has 82 valence electrons. The second-order valence-electron chi connectivity index (χ2n) is 4.06. The van der Waals surface area contributed by atoms with E-state index in [2.05, 4.69) is 7.05 Å². The Morgan fingerprint density at radius 1 is 1.67 bits per heavy atom. The molecule has 1 fully saturated rings. The van der Waals surface area contributed by atoms with Crippen LogP contribution in [0, 0.1) is 0 Å². The Labute approximate surface area is 88.8 Å². The van der Waals surface area contributed by atoms with Crippen molar-refractivity contribution in [3.8, 4) is 0 Å². The molecule has 0 aromatic carbocycles. The Kier molecular flexibility index (Phi) is 3.06. The highest BCUT2D eigenvalue weighted by Crippen LogP contribution is 2.08. The van der Waals surface area contributed by atoms with Gasteiger partial charge in [0, 0.05) is 6.42 Å². The van der Waals surface area contributed by atoms with Crippen LogP contribution in [-0.4, -0.2) is 32.2 Å². The maximum atomic E-state index is 11.6. The van der Waals surface area contributed by atoms with Crippen LogP contribution >= 0.6 is 0 Å². The number of carbonyl (C=O) groups excluding carboxylic acids is 1. The van der Waals surface area contributed by atoms with Crippen LogP contribution in [0.4, 0.5) is 0 Å². The van der Waals surface area contributed by atoms with Gasteiger partial charge in [-0.2, -0.15) is 0 Å². The second-order valence-corrected chi connectivity index (χ2v) is 4.06. The second kappa shape index (κ2) is 4.49. The molecule has 0 radical (unpaired) electrons. The first-order valence-electron chi connectivity index (χ1n) is 5.31. The summed E-state index contributed by atoms with van der Waals surface area (Å²) in [7, 11) is 2.12. The van der Waals surface area contributed by atoms with Gasteiger partial charge in [0.05, 0.1) is 19.9 Å². The molecule has 15 heavy (non-hydrogen) atoms. The zero-order valence-electron chi connectivity index (χ0n) is 8.86. The van der Waals surface area contributed by atoms with Crippen LogP contribution in [0.2, 0.25) is 0 Å². The van der Waals surface area contributed by atoms with E-state index in [1.165, 1.54) is 11.2 Å². The molecule has 1 aromatic rings. The minimum atomic E-state index is -0.347. The molecule has 0 bridgehead atoms. The summed E-state index contributed by atoms with van der Waals surface area (Å²) < 4.78 is 10.3. The van der Waals surface area contributed by atoms with Gasteiger partial charge in [-0.1, -0.05) is 0 Å². The number of likely N-dealkylation sites (N-methyl/N-ethyl adjacent to an activating group) is 1. The zero-order chi connectivity index (χ0) is 10.7. The van der Waals surface area contributed by atoms with Crippen LogP contribution in [0.1, 0.15) is 23.4 Å². The number of ether oxygens (including phenoxy) is 1. The number of hydrogen-bond acceptors (Lipinski definition) is 3. The predicted molar refractivity (Wildman–Crippen MR) is 53.8 cm³/mol.